The number of hydrogen-bond donors (Lipinski definition) is 1. The van der Waals surface area contributed by atoms with Crippen LogP contribution in [0.5, 0.6) is 0 Å². The van der Waals surface area contributed by atoms with Gasteiger partial charge in [0.25, 0.3) is 5.91 Å². The van der Waals surface area contributed by atoms with E-state index in [-0.39, 0.29) is 18.5 Å². The first-order valence-corrected chi connectivity index (χ1v) is 8.40. The number of thioether (sulfide) groups is 1. The lowest BCUT2D eigenvalue weighted by Crippen LogP contribution is -2.44. The number of nitrogens with zero attached hydrogens (tertiary/aromatic N) is 3. The number of urea groups is 1. The van der Waals surface area contributed by atoms with Crippen LogP contribution in [0.15, 0.2) is 4.34 Å². The van der Waals surface area contributed by atoms with Crippen molar-refractivity contribution in [3.63, 3.8) is 0 Å². The Bertz CT molecular complexity index is 531. The molecule has 20 heavy (non-hydrogen) atoms. The minimum atomic E-state index is -0.807. The molecule has 1 atom stereocenters. The maximum absolute atomic E-state index is 12.4. The highest BCUT2D eigenvalue weighted by molar-refractivity contribution is 8.00. The summed E-state index contributed by atoms with van der Waals surface area (Å²) in [5.41, 5.74) is -0.807. The van der Waals surface area contributed by atoms with E-state index in [0.717, 1.165) is 4.34 Å². The highest BCUT2D eigenvalue weighted by Crippen LogP contribution is 2.27. The molecule has 2 rings (SSSR count). The third-order valence-electron chi connectivity index (χ3n) is 3.08. The third-order valence-corrected chi connectivity index (χ3v) is 4.96. The second-order valence-electron chi connectivity index (χ2n) is 5.42. The third kappa shape index (κ3) is 2.95. The number of carbonyl (C=O) groups is 2. The zero-order valence-electron chi connectivity index (χ0n) is 12.0. The minimum Gasteiger partial charge on any atom is -0.323 e. The van der Waals surface area contributed by atoms with Gasteiger partial charge in [-0.3, -0.25) is 9.69 Å². The molecule has 1 N–H and O–H groups in total. The first kappa shape index (κ1) is 15.2. The first-order valence-electron chi connectivity index (χ1n) is 6.36. The van der Waals surface area contributed by atoms with Crippen molar-refractivity contribution in [3.8, 4) is 0 Å². The second kappa shape index (κ2) is 5.69. The summed E-state index contributed by atoms with van der Waals surface area (Å²) >= 11 is 2.90. The average Bonchev–Trinajstić information content (AvgIpc) is 2.88. The van der Waals surface area contributed by atoms with E-state index in [4.69, 9.17) is 0 Å². The maximum Gasteiger partial charge on any atom is 0.325 e. The number of hydrogen-bond acceptors (Lipinski definition) is 6. The van der Waals surface area contributed by atoms with Crippen LogP contribution in [0.25, 0.3) is 0 Å². The number of nitrogens with one attached hydrogen (secondary N) is 1. The van der Waals surface area contributed by atoms with Gasteiger partial charge < -0.3 is 5.32 Å². The van der Waals surface area contributed by atoms with Gasteiger partial charge in [-0.15, -0.1) is 10.2 Å². The van der Waals surface area contributed by atoms with Gasteiger partial charge in [0.2, 0.25) is 0 Å². The summed E-state index contributed by atoms with van der Waals surface area (Å²) in [4.78, 5) is 25.7. The Morgan fingerprint density at radius 1 is 1.40 bits per heavy atom. The zero-order valence-corrected chi connectivity index (χ0v) is 13.6. The summed E-state index contributed by atoms with van der Waals surface area (Å²) in [5.74, 6) is 0.144. The van der Waals surface area contributed by atoms with E-state index in [9.17, 15) is 9.59 Å². The van der Waals surface area contributed by atoms with Gasteiger partial charge in [0, 0.05) is 0 Å². The molecule has 1 unspecified atom stereocenters. The average molecular weight is 314 g/mol. The quantitative estimate of drug-likeness (QED) is 0.665. The van der Waals surface area contributed by atoms with Crippen LogP contribution in [0.3, 0.4) is 0 Å². The molecule has 1 aliphatic heterocycles. The van der Waals surface area contributed by atoms with Gasteiger partial charge in [-0.2, -0.15) is 0 Å². The Morgan fingerprint density at radius 3 is 2.65 bits per heavy atom. The maximum atomic E-state index is 12.4. The molecule has 0 bridgehead atoms. The predicted octanol–water partition coefficient (Wildman–Crippen LogP) is 2.12. The summed E-state index contributed by atoms with van der Waals surface area (Å²) in [6.07, 6.45) is 2.54. The van der Waals surface area contributed by atoms with Crippen molar-refractivity contribution in [2.24, 2.45) is 5.92 Å². The standard InChI is InChI=1S/C12H18N4O2S2/c1-7(2)5-12(3)9(17)16(10(18)13-12)6-8-14-15-11(19-4)20-8/h7H,5-6H2,1-4H3,(H,13,18). The zero-order chi connectivity index (χ0) is 14.9. The number of imide groups is 1. The molecule has 1 fully saturated rings. The van der Waals surface area contributed by atoms with E-state index in [1.807, 2.05) is 20.1 Å². The van der Waals surface area contributed by atoms with E-state index in [1.54, 1.807) is 6.92 Å². The van der Waals surface area contributed by atoms with Gasteiger partial charge in [-0.05, 0) is 25.5 Å². The summed E-state index contributed by atoms with van der Waals surface area (Å²) in [5, 5.41) is 11.4. The van der Waals surface area contributed by atoms with Crippen molar-refractivity contribution >= 4 is 35.0 Å². The second-order valence-corrected chi connectivity index (χ2v) is 7.53. The molecule has 6 nitrogen and oxygen atoms in total. The lowest BCUT2D eigenvalue weighted by Gasteiger charge is -2.23. The molecular formula is C12H18N4O2S2. The molecular weight excluding hydrogens is 296 g/mol. The normalized spacial score (nSPS) is 22.8. The summed E-state index contributed by atoms with van der Waals surface area (Å²) in [6.45, 7) is 6.03. The predicted molar refractivity (Wildman–Crippen MR) is 78.6 cm³/mol. The Kier molecular flexibility index (Phi) is 4.33. The van der Waals surface area contributed by atoms with E-state index in [1.165, 1.54) is 28.0 Å². The van der Waals surface area contributed by atoms with Crippen LogP contribution in [0.1, 0.15) is 32.2 Å². The summed E-state index contributed by atoms with van der Waals surface area (Å²) in [6, 6.07) is -0.348. The lowest BCUT2D eigenvalue weighted by atomic mass is 9.91. The molecule has 0 saturated carbocycles. The molecule has 1 aromatic heterocycles. The van der Waals surface area contributed by atoms with Crippen LogP contribution in [0, 0.1) is 5.92 Å². The number of rotatable bonds is 5. The van der Waals surface area contributed by atoms with E-state index < -0.39 is 5.54 Å². The highest BCUT2D eigenvalue weighted by Gasteiger charge is 2.47. The SMILES string of the molecule is CSc1nnc(CN2C(=O)NC(C)(CC(C)C)C2=O)s1. The first-order chi connectivity index (χ1) is 9.35. The molecule has 1 aromatic rings. The molecule has 8 heteroatoms. The van der Waals surface area contributed by atoms with Crippen LogP contribution in [0.4, 0.5) is 4.79 Å². The summed E-state index contributed by atoms with van der Waals surface area (Å²) < 4.78 is 0.831. The van der Waals surface area contributed by atoms with E-state index in [0.29, 0.717) is 17.3 Å². The van der Waals surface area contributed by atoms with Gasteiger partial charge in [-0.25, -0.2) is 4.79 Å². The van der Waals surface area contributed by atoms with Crippen molar-refractivity contribution in [2.75, 3.05) is 6.26 Å². The molecule has 0 spiro atoms. The smallest absolute Gasteiger partial charge is 0.323 e. The Hall–Kier alpha value is -1.15. The van der Waals surface area contributed by atoms with Crippen LogP contribution in [-0.2, 0) is 11.3 Å². The van der Waals surface area contributed by atoms with Gasteiger partial charge >= 0.3 is 6.03 Å². The molecule has 0 aromatic carbocycles. The van der Waals surface area contributed by atoms with Crippen molar-refractivity contribution in [1.29, 1.82) is 0 Å². The molecule has 1 saturated heterocycles. The van der Waals surface area contributed by atoms with Gasteiger partial charge in [-0.1, -0.05) is 36.9 Å². The fourth-order valence-corrected chi connectivity index (χ4v) is 3.67. The van der Waals surface area contributed by atoms with Crippen LogP contribution < -0.4 is 5.32 Å². The summed E-state index contributed by atoms with van der Waals surface area (Å²) in [7, 11) is 0. The van der Waals surface area contributed by atoms with Gasteiger partial charge in [0.05, 0.1) is 6.54 Å². The van der Waals surface area contributed by atoms with Gasteiger partial charge in [0.15, 0.2) is 4.34 Å². The minimum absolute atomic E-state index is 0.183. The Labute approximate surface area is 126 Å². The molecule has 0 aliphatic carbocycles. The van der Waals surface area contributed by atoms with Crippen molar-refractivity contribution in [3.05, 3.63) is 5.01 Å². The molecule has 0 radical (unpaired) electrons. The van der Waals surface area contributed by atoms with Crippen LogP contribution >= 0.6 is 23.1 Å². The van der Waals surface area contributed by atoms with E-state index in [2.05, 4.69) is 15.5 Å². The highest BCUT2D eigenvalue weighted by atomic mass is 32.2. The molecule has 3 amide bonds. The van der Waals surface area contributed by atoms with Crippen molar-refractivity contribution < 1.29 is 9.59 Å². The fourth-order valence-electron chi connectivity index (χ4n) is 2.37. The lowest BCUT2D eigenvalue weighted by molar-refractivity contribution is -0.131. The van der Waals surface area contributed by atoms with Crippen LogP contribution in [-0.4, -0.2) is 38.8 Å². The van der Waals surface area contributed by atoms with Crippen molar-refractivity contribution in [2.45, 2.75) is 43.6 Å². The molecule has 110 valence electrons. The largest absolute Gasteiger partial charge is 0.325 e. The molecule has 2 heterocycles. The van der Waals surface area contributed by atoms with E-state index >= 15 is 0 Å². The van der Waals surface area contributed by atoms with Crippen LogP contribution in [0.2, 0.25) is 0 Å². The Morgan fingerprint density at radius 2 is 2.10 bits per heavy atom. The van der Waals surface area contributed by atoms with Gasteiger partial charge in [0.1, 0.15) is 10.5 Å². The monoisotopic (exact) mass is 314 g/mol. The topological polar surface area (TPSA) is 75.2 Å². The van der Waals surface area contributed by atoms with Crippen molar-refractivity contribution in [1.82, 2.24) is 20.4 Å². The number of carbonyl (C=O) groups excluding carboxylic acids is 2. The molecule has 1 aliphatic rings. The fraction of sp³-hybridized carbons (Fsp3) is 0.667. The number of amides is 3. The Balaban J connectivity index is 2.12. The number of aromatic nitrogens is 2.